The second-order valence-electron chi connectivity index (χ2n) is 4.30. The molecule has 0 unspecified atom stereocenters. The molecule has 0 amide bonds. The van der Waals surface area contributed by atoms with E-state index in [0.29, 0.717) is 12.5 Å². The van der Waals surface area contributed by atoms with Crippen LogP contribution in [0.2, 0.25) is 0 Å². The number of hydrogen-bond acceptors (Lipinski definition) is 2. The highest BCUT2D eigenvalue weighted by Gasteiger charge is 2.20. The molecule has 3 nitrogen and oxygen atoms in total. The quantitative estimate of drug-likeness (QED) is 0.795. The Hall–Kier alpha value is -0.830. The molecule has 1 aromatic rings. The van der Waals surface area contributed by atoms with Crippen LogP contribution in [0.3, 0.4) is 0 Å². The smallest absolute Gasteiger partial charge is 0.0489 e. The van der Waals surface area contributed by atoms with E-state index in [1.54, 1.807) is 0 Å². The van der Waals surface area contributed by atoms with Gasteiger partial charge in [-0.2, -0.15) is 5.10 Å². The second kappa shape index (κ2) is 4.60. The van der Waals surface area contributed by atoms with Crippen LogP contribution in [0.5, 0.6) is 0 Å². The van der Waals surface area contributed by atoms with Gasteiger partial charge in [0.15, 0.2) is 0 Å². The predicted octanol–water partition coefficient (Wildman–Crippen LogP) is 1.68. The van der Waals surface area contributed by atoms with Crippen LogP contribution in [-0.4, -0.2) is 21.5 Å². The Kier molecular flexibility index (Phi) is 3.19. The molecule has 1 heterocycles. The first-order chi connectivity index (χ1) is 6.88. The van der Waals surface area contributed by atoms with E-state index in [1.165, 1.54) is 25.7 Å². The van der Waals surface area contributed by atoms with Crippen molar-refractivity contribution in [3.63, 3.8) is 0 Å². The maximum Gasteiger partial charge on any atom is 0.0489 e. The van der Waals surface area contributed by atoms with Crippen molar-refractivity contribution in [1.82, 2.24) is 9.78 Å². The van der Waals surface area contributed by atoms with Gasteiger partial charge in [-0.3, -0.25) is 4.68 Å². The van der Waals surface area contributed by atoms with Gasteiger partial charge in [0.25, 0.3) is 0 Å². The Morgan fingerprint density at radius 3 is 2.50 bits per heavy atom. The molecule has 0 spiro atoms. The summed E-state index contributed by atoms with van der Waals surface area (Å²) in [6.45, 7) is 1.42. The lowest BCUT2D eigenvalue weighted by atomic mass is 9.82. The van der Waals surface area contributed by atoms with Crippen LogP contribution < -0.4 is 0 Å². The number of rotatable bonds is 3. The van der Waals surface area contributed by atoms with Crippen molar-refractivity contribution in [3.05, 3.63) is 18.5 Å². The summed E-state index contributed by atoms with van der Waals surface area (Å²) in [5.41, 5.74) is 0. The third-order valence-corrected chi connectivity index (χ3v) is 3.23. The Bertz CT molecular complexity index is 250. The molecule has 0 atom stereocenters. The summed E-state index contributed by atoms with van der Waals surface area (Å²) < 4.78 is 2.02. The summed E-state index contributed by atoms with van der Waals surface area (Å²) in [6, 6.07) is 1.97. The highest BCUT2D eigenvalue weighted by Crippen LogP contribution is 2.29. The first kappa shape index (κ1) is 9.71. The average Bonchev–Trinajstić information content (AvgIpc) is 2.72. The third kappa shape index (κ3) is 2.35. The molecule has 78 valence electrons. The summed E-state index contributed by atoms with van der Waals surface area (Å²) in [4.78, 5) is 0. The standard InChI is InChI=1S/C11H18N2O/c14-9-11-4-2-10(3-5-11)8-13-7-1-6-12-13/h1,6-7,10-11,14H,2-5,8-9H2/t10-,11-. The molecule has 1 aliphatic rings. The van der Waals surface area contributed by atoms with Crippen molar-refractivity contribution in [1.29, 1.82) is 0 Å². The van der Waals surface area contributed by atoms with Gasteiger partial charge >= 0.3 is 0 Å². The van der Waals surface area contributed by atoms with Crippen molar-refractivity contribution >= 4 is 0 Å². The highest BCUT2D eigenvalue weighted by atomic mass is 16.3. The van der Waals surface area contributed by atoms with E-state index in [1.807, 2.05) is 23.1 Å². The van der Waals surface area contributed by atoms with Gasteiger partial charge in [0.1, 0.15) is 0 Å². The third-order valence-electron chi connectivity index (χ3n) is 3.23. The minimum Gasteiger partial charge on any atom is -0.396 e. The Balaban J connectivity index is 1.79. The molecule has 0 bridgehead atoms. The molecule has 1 N–H and O–H groups in total. The molecule has 1 aliphatic carbocycles. The molecule has 0 aromatic carbocycles. The molecule has 0 radical (unpaired) electrons. The average molecular weight is 194 g/mol. The molecular weight excluding hydrogens is 176 g/mol. The van der Waals surface area contributed by atoms with Gasteiger partial charge in [-0.15, -0.1) is 0 Å². The summed E-state index contributed by atoms with van der Waals surface area (Å²) in [7, 11) is 0. The lowest BCUT2D eigenvalue weighted by molar-refractivity contribution is 0.159. The monoisotopic (exact) mass is 194 g/mol. The fourth-order valence-corrected chi connectivity index (χ4v) is 2.27. The lowest BCUT2D eigenvalue weighted by Crippen LogP contribution is -2.20. The molecule has 1 fully saturated rings. The molecule has 1 saturated carbocycles. The number of nitrogens with zero attached hydrogens (tertiary/aromatic N) is 2. The van der Waals surface area contributed by atoms with Gasteiger partial charge in [0.2, 0.25) is 0 Å². The molecule has 0 aliphatic heterocycles. The molecular formula is C11H18N2O. The first-order valence-electron chi connectivity index (χ1n) is 5.47. The zero-order chi connectivity index (χ0) is 9.80. The Morgan fingerprint density at radius 2 is 1.93 bits per heavy atom. The van der Waals surface area contributed by atoms with E-state index < -0.39 is 0 Å². The zero-order valence-corrected chi connectivity index (χ0v) is 8.47. The van der Waals surface area contributed by atoms with E-state index >= 15 is 0 Å². The van der Waals surface area contributed by atoms with Crippen molar-refractivity contribution in [2.45, 2.75) is 32.2 Å². The van der Waals surface area contributed by atoms with Gasteiger partial charge in [0, 0.05) is 25.5 Å². The zero-order valence-electron chi connectivity index (χ0n) is 8.47. The number of aromatic nitrogens is 2. The minimum absolute atomic E-state index is 0.370. The first-order valence-corrected chi connectivity index (χ1v) is 5.47. The number of aliphatic hydroxyl groups excluding tert-OH is 1. The fourth-order valence-electron chi connectivity index (χ4n) is 2.27. The maximum atomic E-state index is 9.02. The van der Waals surface area contributed by atoms with Gasteiger partial charge in [0.05, 0.1) is 0 Å². The van der Waals surface area contributed by atoms with E-state index in [2.05, 4.69) is 5.10 Å². The lowest BCUT2D eigenvalue weighted by Gasteiger charge is -2.27. The topological polar surface area (TPSA) is 38.0 Å². The molecule has 2 rings (SSSR count). The van der Waals surface area contributed by atoms with Crippen LogP contribution in [0, 0.1) is 11.8 Å². The normalized spacial score (nSPS) is 27.8. The van der Waals surface area contributed by atoms with Crippen molar-refractivity contribution in [2.24, 2.45) is 11.8 Å². The number of hydrogen-bond donors (Lipinski definition) is 1. The van der Waals surface area contributed by atoms with Crippen molar-refractivity contribution < 1.29 is 5.11 Å². The summed E-state index contributed by atoms with van der Waals surface area (Å²) in [5.74, 6) is 1.32. The summed E-state index contributed by atoms with van der Waals surface area (Å²) >= 11 is 0. The maximum absolute atomic E-state index is 9.02. The fraction of sp³-hybridized carbons (Fsp3) is 0.727. The van der Waals surface area contributed by atoms with E-state index in [9.17, 15) is 0 Å². The minimum atomic E-state index is 0.370. The van der Waals surface area contributed by atoms with Gasteiger partial charge in [-0.1, -0.05) is 0 Å². The SMILES string of the molecule is OC[C@H]1CC[C@H](Cn2cccn2)CC1. The summed E-state index contributed by atoms with van der Waals surface area (Å²) in [5, 5.41) is 13.2. The van der Waals surface area contributed by atoms with Crippen LogP contribution >= 0.6 is 0 Å². The molecule has 1 aromatic heterocycles. The molecule has 14 heavy (non-hydrogen) atoms. The van der Waals surface area contributed by atoms with E-state index in [-0.39, 0.29) is 0 Å². The Labute approximate surface area is 84.7 Å². The van der Waals surface area contributed by atoms with E-state index in [4.69, 9.17) is 5.11 Å². The molecule has 3 heteroatoms. The van der Waals surface area contributed by atoms with Crippen molar-refractivity contribution in [2.75, 3.05) is 6.61 Å². The van der Waals surface area contributed by atoms with Gasteiger partial charge in [-0.25, -0.2) is 0 Å². The van der Waals surface area contributed by atoms with Gasteiger partial charge < -0.3 is 5.11 Å². The Morgan fingerprint density at radius 1 is 1.21 bits per heavy atom. The highest BCUT2D eigenvalue weighted by molar-refractivity contribution is 4.80. The number of aliphatic hydroxyl groups is 1. The van der Waals surface area contributed by atoms with Gasteiger partial charge in [-0.05, 0) is 43.6 Å². The van der Waals surface area contributed by atoms with Crippen LogP contribution in [0.15, 0.2) is 18.5 Å². The van der Waals surface area contributed by atoms with Crippen LogP contribution in [0.25, 0.3) is 0 Å². The van der Waals surface area contributed by atoms with E-state index in [0.717, 1.165) is 12.5 Å². The van der Waals surface area contributed by atoms with Crippen molar-refractivity contribution in [3.8, 4) is 0 Å². The summed E-state index contributed by atoms with van der Waals surface area (Å²) in [6.07, 6.45) is 8.71. The largest absolute Gasteiger partial charge is 0.396 e. The second-order valence-corrected chi connectivity index (χ2v) is 4.30. The van der Waals surface area contributed by atoms with Crippen LogP contribution in [-0.2, 0) is 6.54 Å². The molecule has 0 saturated heterocycles. The van der Waals surface area contributed by atoms with Crippen LogP contribution in [0.4, 0.5) is 0 Å². The predicted molar refractivity (Wildman–Crippen MR) is 54.8 cm³/mol. The van der Waals surface area contributed by atoms with Crippen LogP contribution in [0.1, 0.15) is 25.7 Å².